The standard InChI is InChI=1S/C10H18N2O/c1-7(2)9(13)12-10-4-3-8(10)5-11-6-10/h7-8,11H,3-6H2,1-2H3,(H,12,13). The van der Waals surface area contributed by atoms with Crippen LogP contribution in [0, 0.1) is 11.8 Å². The van der Waals surface area contributed by atoms with Gasteiger partial charge in [-0.1, -0.05) is 13.8 Å². The van der Waals surface area contributed by atoms with E-state index in [0.717, 1.165) is 19.5 Å². The van der Waals surface area contributed by atoms with Crippen molar-refractivity contribution < 1.29 is 4.79 Å². The summed E-state index contributed by atoms with van der Waals surface area (Å²) in [5, 5.41) is 6.54. The van der Waals surface area contributed by atoms with Gasteiger partial charge in [-0.15, -0.1) is 0 Å². The minimum absolute atomic E-state index is 0.108. The molecule has 74 valence electrons. The monoisotopic (exact) mass is 182 g/mol. The van der Waals surface area contributed by atoms with Crippen molar-refractivity contribution >= 4 is 5.91 Å². The maximum Gasteiger partial charge on any atom is 0.223 e. The third-order valence-electron chi connectivity index (χ3n) is 3.45. The van der Waals surface area contributed by atoms with Gasteiger partial charge in [0.15, 0.2) is 0 Å². The Morgan fingerprint density at radius 3 is 2.85 bits per heavy atom. The van der Waals surface area contributed by atoms with Gasteiger partial charge in [0.1, 0.15) is 0 Å². The average Bonchev–Trinajstić information content (AvgIpc) is 2.31. The lowest BCUT2D eigenvalue weighted by Crippen LogP contribution is -2.60. The Morgan fingerprint density at radius 2 is 2.38 bits per heavy atom. The summed E-state index contributed by atoms with van der Waals surface area (Å²) in [5.74, 6) is 1.000. The molecule has 2 unspecified atom stereocenters. The largest absolute Gasteiger partial charge is 0.349 e. The molecular weight excluding hydrogens is 164 g/mol. The van der Waals surface area contributed by atoms with Crippen LogP contribution < -0.4 is 10.6 Å². The van der Waals surface area contributed by atoms with Gasteiger partial charge in [0.2, 0.25) is 5.91 Å². The van der Waals surface area contributed by atoms with Crippen LogP contribution in [0.5, 0.6) is 0 Å². The van der Waals surface area contributed by atoms with Crippen molar-refractivity contribution in [1.82, 2.24) is 10.6 Å². The molecule has 0 spiro atoms. The summed E-state index contributed by atoms with van der Waals surface area (Å²) in [7, 11) is 0. The van der Waals surface area contributed by atoms with E-state index in [1.54, 1.807) is 0 Å². The van der Waals surface area contributed by atoms with E-state index in [9.17, 15) is 4.79 Å². The SMILES string of the molecule is CC(C)C(=O)NC12CCC1CNC2. The molecule has 3 heteroatoms. The molecule has 0 aromatic carbocycles. The fourth-order valence-corrected chi connectivity index (χ4v) is 2.29. The van der Waals surface area contributed by atoms with Crippen LogP contribution in [-0.2, 0) is 4.79 Å². The molecule has 13 heavy (non-hydrogen) atoms. The minimum Gasteiger partial charge on any atom is -0.349 e. The van der Waals surface area contributed by atoms with Crippen LogP contribution in [0.25, 0.3) is 0 Å². The summed E-state index contributed by atoms with van der Waals surface area (Å²) in [6.07, 6.45) is 2.43. The van der Waals surface area contributed by atoms with E-state index in [4.69, 9.17) is 0 Å². The Bertz CT molecular complexity index is 227. The molecule has 1 saturated carbocycles. The number of carbonyl (C=O) groups excluding carboxylic acids is 1. The van der Waals surface area contributed by atoms with E-state index >= 15 is 0 Å². The second kappa shape index (κ2) is 2.98. The van der Waals surface area contributed by atoms with Gasteiger partial charge < -0.3 is 10.6 Å². The molecule has 2 fully saturated rings. The van der Waals surface area contributed by atoms with Crippen LogP contribution in [-0.4, -0.2) is 24.5 Å². The number of carbonyl (C=O) groups is 1. The zero-order chi connectivity index (χ0) is 9.47. The summed E-state index contributed by atoms with van der Waals surface area (Å²) in [6, 6.07) is 0. The highest BCUT2D eigenvalue weighted by Gasteiger charge is 2.50. The normalized spacial score (nSPS) is 37.0. The summed E-state index contributed by atoms with van der Waals surface area (Å²) < 4.78 is 0. The maximum atomic E-state index is 11.5. The second-order valence-corrected chi connectivity index (χ2v) is 4.67. The number of amides is 1. The van der Waals surface area contributed by atoms with Crippen molar-refractivity contribution in [2.75, 3.05) is 13.1 Å². The van der Waals surface area contributed by atoms with Gasteiger partial charge >= 0.3 is 0 Å². The van der Waals surface area contributed by atoms with Crippen molar-refractivity contribution in [3.63, 3.8) is 0 Å². The molecule has 2 rings (SSSR count). The van der Waals surface area contributed by atoms with Gasteiger partial charge in [0.25, 0.3) is 0 Å². The summed E-state index contributed by atoms with van der Waals surface area (Å²) in [5.41, 5.74) is 0.126. The molecule has 1 aliphatic carbocycles. The molecule has 0 radical (unpaired) electrons. The van der Waals surface area contributed by atoms with Crippen LogP contribution in [0.15, 0.2) is 0 Å². The molecular formula is C10H18N2O. The molecule has 1 aliphatic heterocycles. The first-order valence-corrected chi connectivity index (χ1v) is 5.17. The first-order valence-electron chi connectivity index (χ1n) is 5.17. The number of hydrogen-bond donors (Lipinski definition) is 2. The fourth-order valence-electron chi connectivity index (χ4n) is 2.29. The Labute approximate surface area is 79.3 Å². The highest BCUT2D eigenvalue weighted by atomic mass is 16.2. The molecule has 0 aromatic rings. The van der Waals surface area contributed by atoms with Gasteiger partial charge in [-0.05, 0) is 18.8 Å². The summed E-state index contributed by atoms with van der Waals surface area (Å²) >= 11 is 0. The Hall–Kier alpha value is -0.570. The topological polar surface area (TPSA) is 41.1 Å². The van der Waals surface area contributed by atoms with Crippen LogP contribution >= 0.6 is 0 Å². The fraction of sp³-hybridized carbons (Fsp3) is 0.900. The molecule has 1 amide bonds. The highest BCUT2D eigenvalue weighted by molar-refractivity contribution is 5.79. The smallest absolute Gasteiger partial charge is 0.223 e. The average molecular weight is 182 g/mol. The third kappa shape index (κ3) is 1.35. The predicted octanol–water partition coefficient (Wildman–Crippen LogP) is 0.511. The second-order valence-electron chi connectivity index (χ2n) is 4.67. The predicted molar refractivity (Wildman–Crippen MR) is 51.3 cm³/mol. The van der Waals surface area contributed by atoms with Crippen molar-refractivity contribution in [1.29, 1.82) is 0 Å². The van der Waals surface area contributed by atoms with Crippen LogP contribution in [0.4, 0.5) is 0 Å². The van der Waals surface area contributed by atoms with Gasteiger partial charge in [-0.2, -0.15) is 0 Å². The number of hydrogen-bond acceptors (Lipinski definition) is 2. The number of fused-ring (bicyclic) bond motifs is 1. The molecule has 1 heterocycles. The quantitative estimate of drug-likeness (QED) is 0.653. The zero-order valence-corrected chi connectivity index (χ0v) is 8.39. The molecule has 0 aromatic heterocycles. The Morgan fingerprint density at radius 1 is 1.62 bits per heavy atom. The van der Waals surface area contributed by atoms with Gasteiger partial charge in [0, 0.05) is 19.0 Å². The summed E-state index contributed by atoms with van der Waals surface area (Å²) in [4.78, 5) is 11.5. The van der Waals surface area contributed by atoms with E-state index in [1.165, 1.54) is 6.42 Å². The van der Waals surface area contributed by atoms with Gasteiger partial charge in [0.05, 0.1) is 5.54 Å². The van der Waals surface area contributed by atoms with Crippen molar-refractivity contribution in [3.8, 4) is 0 Å². The van der Waals surface area contributed by atoms with E-state index in [-0.39, 0.29) is 17.4 Å². The molecule has 2 N–H and O–H groups in total. The molecule has 3 nitrogen and oxygen atoms in total. The van der Waals surface area contributed by atoms with Crippen molar-refractivity contribution in [2.45, 2.75) is 32.2 Å². The summed E-state index contributed by atoms with van der Waals surface area (Å²) in [6.45, 7) is 5.94. The van der Waals surface area contributed by atoms with E-state index in [0.29, 0.717) is 5.92 Å². The van der Waals surface area contributed by atoms with Gasteiger partial charge in [-0.25, -0.2) is 0 Å². The molecule has 2 atom stereocenters. The third-order valence-corrected chi connectivity index (χ3v) is 3.45. The minimum atomic E-state index is 0.108. The number of nitrogens with one attached hydrogen (secondary N) is 2. The van der Waals surface area contributed by atoms with E-state index in [1.807, 2.05) is 13.8 Å². The molecule has 1 saturated heterocycles. The zero-order valence-electron chi connectivity index (χ0n) is 8.39. The van der Waals surface area contributed by atoms with Crippen LogP contribution in [0.2, 0.25) is 0 Å². The van der Waals surface area contributed by atoms with Crippen molar-refractivity contribution in [2.24, 2.45) is 11.8 Å². The Kier molecular flexibility index (Phi) is 2.06. The first-order chi connectivity index (χ1) is 6.14. The lowest BCUT2D eigenvalue weighted by atomic mass is 9.69. The van der Waals surface area contributed by atoms with Crippen LogP contribution in [0.1, 0.15) is 26.7 Å². The highest BCUT2D eigenvalue weighted by Crippen LogP contribution is 2.41. The lowest BCUT2D eigenvalue weighted by molar-refractivity contribution is -0.127. The number of rotatable bonds is 2. The Balaban J connectivity index is 1.97. The van der Waals surface area contributed by atoms with Crippen molar-refractivity contribution in [3.05, 3.63) is 0 Å². The van der Waals surface area contributed by atoms with E-state index in [2.05, 4.69) is 10.6 Å². The first kappa shape index (κ1) is 9.00. The maximum absolute atomic E-state index is 11.5. The van der Waals surface area contributed by atoms with E-state index < -0.39 is 0 Å². The lowest BCUT2D eigenvalue weighted by Gasteiger charge is -2.45. The molecule has 0 bridgehead atoms. The molecule has 2 aliphatic rings. The van der Waals surface area contributed by atoms with Gasteiger partial charge in [-0.3, -0.25) is 4.79 Å². The van der Waals surface area contributed by atoms with Crippen LogP contribution in [0.3, 0.4) is 0 Å².